The number of hydrogen-bond donors (Lipinski definition) is 0. The quantitative estimate of drug-likeness (QED) is 0.0852. The van der Waals surface area contributed by atoms with Crippen LogP contribution in [0.4, 0.5) is 0 Å². The minimum atomic E-state index is -2.28. The van der Waals surface area contributed by atoms with Gasteiger partial charge in [0.2, 0.25) is 0 Å². The molecule has 12 atom stereocenters. The second-order valence-corrected chi connectivity index (χ2v) is 25.7. The fourth-order valence-corrected chi connectivity index (χ4v) is 23.6. The number of halogens is 2. The molecule has 4 aliphatic rings. The molecule has 3 heteroatoms. The second kappa shape index (κ2) is 15.6. The normalized spacial score (nSPS) is 32.6. The highest BCUT2D eigenvalue weighted by Crippen LogP contribution is 2.69. The van der Waals surface area contributed by atoms with Gasteiger partial charge < -0.3 is 0 Å². The molecule has 0 spiro atoms. The topological polar surface area (TPSA) is 0 Å². The molecule has 0 nitrogen and oxygen atoms in total. The molecule has 0 aromatic heterocycles. The maximum Gasteiger partial charge on any atom is 0.0908 e. The third-order valence-electron chi connectivity index (χ3n) is 17.5. The maximum absolute atomic E-state index is 7.67. The number of fused-ring (bicyclic) bond motifs is 8. The molecule has 7 aromatic carbocycles. The van der Waals surface area contributed by atoms with E-state index in [0.29, 0.717) is 58.4 Å². The Morgan fingerprint density at radius 3 is 1.25 bits per heavy atom. The molecule has 12 unspecified atom stereocenters. The highest BCUT2D eigenvalue weighted by molar-refractivity contribution is 6.93. The van der Waals surface area contributed by atoms with Crippen LogP contribution in [0.5, 0.6) is 0 Å². The van der Waals surface area contributed by atoms with Crippen molar-refractivity contribution in [2.75, 3.05) is 0 Å². The first-order chi connectivity index (χ1) is 29.4. The van der Waals surface area contributed by atoms with Crippen LogP contribution in [-0.2, 0) is 0 Å². The van der Waals surface area contributed by atoms with Crippen molar-refractivity contribution in [2.45, 2.75) is 105 Å². The molecule has 11 rings (SSSR count). The van der Waals surface area contributed by atoms with Gasteiger partial charge in [-0.15, -0.1) is 23.2 Å². The van der Waals surface area contributed by atoms with Crippen LogP contribution in [0.25, 0.3) is 43.1 Å². The Morgan fingerprint density at radius 1 is 0.433 bits per heavy atom. The average Bonchev–Trinajstić information content (AvgIpc) is 3.87. The zero-order valence-electron chi connectivity index (χ0n) is 35.6. The molecule has 60 heavy (non-hydrogen) atoms. The van der Waals surface area contributed by atoms with E-state index in [-0.39, 0.29) is 10.8 Å². The van der Waals surface area contributed by atoms with Crippen LogP contribution in [0, 0.1) is 35.5 Å². The predicted molar refractivity (Wildman–Crippen MR) is 262 cm³/mol. The maximum atomic E-state index is 7.67. The summed E-state index contributed by atoms with van der Waals surface area (Å²) in [5, 5.41) is 13.2. The molecular formula is C57H60Cl2Si. The van der Waals surface area contributed by atoms with Crippen LogP contribution in [0.2, 0.25) is 17.6 Å². The Bertz CT molecular complexity index is 2520. The van der Waals surface area contributed by atoms with E-state index in [4.69, 9.17) is 23.2 Å². The average molecular weight is 844 g/mol. The van der Waals surface area contributed by atoms with Gasteiger partial charge in [-0.2, -0.15) is 0 Å². The largest absolute Gasteiger partial charge is 0.123 e. The Kier molecular flexibility index (Phi) is 10.2. The van der Waals surface area contributed by atoms with Crippen molar-refractivity contribution in [3.63, 3.8) is 0 Å². The van der Waals surface area contributed by atoms with Gasteiger partial charge in [-0.3, -0.25) is 0 Å². The molecule has 0 bridgehead atoms. The molecule has 7 aromatic rings. The van der Waals surface area contributed by atoms with E-state index in [9.17, 15) is 0 Å². The fraction of sp³-hybridized carbons (Fsp3) is 0.404. The van der Waals surface area contributed by atoms with Gasteiger partial charge in [-0.1, -0.05) is 178 Å². The smallest absolute Gasteiger partial charge is 0.0908 e. The third kappa shape index (κ3) is 6.18. The van der Waals surface area contributed by atoms with Gasteiger partial charge in [0.1, 0.15) is 0 Å². The Labute approximate surface area is 369 Å². The summed E-state index contributed by atoms with van der Waals surface area (Å²) in [6, 6.07) is 53.9. The molecule has 4 saturated carbocycles. The van der Waals surface area contributed by atoms with E-state index < -0.39 is 8.07 Å². The van der Waals surface area contributed by atoms with Gasteiger partial charge in [-0.25, -0.2) is 0 Å². The molecule has 306 valence electrons. The lowest BCUT2D eigenvalue weighted by atomic mass is 9.69. The summed E-state index contributed by atoms with van der Waals surface area (Å²) >= 11 is 15.3. The van der Waals surface area contributed by atoms with Gasteiger partial charge in [0, 0.05) is 10.8 Å². The molecule has 0 amide bonds. The zero-order valence-corrected chi connectivity index (χ0v) is 38.1. The summed E-state index contributed by atoms with van der Waals surface area (Å²) in [6.45, 7) is 7.96. The molecule has 0 saturated heterocycles. The SMILES string of the molecule is CCC1CC2C(c3cc4ccccc4c4ccccc34)CC(Cl)CC2C1[Si](C)(c1ccccc1)C1C(CC)CC2C(c3cc4ccccc4c4ccccc34)CC(Cl)CC21. The summed E-state index contributed by atoms with van der Waals surface area (Å²) in [5.74, 6) is 4.92. The van der Waals surface area contributed by atoms with Crippen LogP contribution < -0.4 is 5.19 Å². The highest BCUT2D eigenvalue weighted by atomic mass is 35.5. The predicted octanol–water partition coefficient (Wildman–Crippen LogP) is 16.0. The number of rotatable bonds is 7. The number of alkyl halides is 2. The highest BCUT2D eigenvalue weighted by Gasteiger charge is 2.64. The fourth-order valence-electron chi connectivity index (χ4n) is 15.4. The van der Waals surface area contributed by atoms with E-state index in [1.54, 1.807) is 16.3 Å². The van der Waals surface area contributed by atoms with Gasteiger partial charge in [0.05, 0.1) is 8.07 Å². The third-order valence-corrected chi connectivity index (χ3v) is 24.4. The van der Waals surface area contributed by atoms with Gasteiger partial charge >= 0.3 is 0 Å². The Hall–Kier alpha value is -3.62. The molecule has 0 N–H and O–H groups in total. The van der Waals surface area contributed by atoms with Crippen molar-refractivity contribution in [3.8, 4) is 0 Å². The van der Waals surface area contributed by atoms with Crippen LogP contribution in [0.15, 0.2) is 140 Å². The van der Waals surface area contributed by atoms with E-state index in [2.05, 4.69) is 160 Å². The zero-order chi connectivity index (χ0) is 40.7. The first-order valence-corrected chi connectivity index (χ1v) is 27.0. The minimum absolute atomic E-state index is 0.194. The summed E-state index contributed by atoms with van der Waals surface area (Å²) in [7, 11) is -2.28. The summed E-state index contributed by atoms with van der Waals surface area (Å²) in [5.41, 5.74) is 4.50. The van der Waals surface area contributed by atoms with Crippen molar-refractivity contribution in [2.24, 2.45) is 35.5 Å². The van der Waals surface area contributed by atoms with Crippen molar-refractivity contribution in [1.82, 2.24) is 0 Å². The lowest BCUT2D eigenvalue weighted by molar-refractivity contribution is 0.232. The van der Waals surface area contributed by atoms with Gasteiger partial charge in [0.15, 0.2) is 0 Å². The molecule has 0 radical (unpaired) electrons. The first kappa shape index (κ1) is 39.2. The van der Waals surface area contributed by atoms with Gasteiger partial charge in [-0.05, 0) is 151 Å². The summed E-state index contributed by atoms with van der Waals surface area (Å²) < 4.78 is 0. The van der Waals surface area contributed by atoms with Crippen LogP contribution in [0.1, 0.15) is 88.2 Å². The van der Waals surface area contributed by atoms with E-state index in [0.717, 1.165) is 25.7 Å². The van der Waals surface area contributed by atoms with E-state index in [1.807, 2.05) is 0 Å². The minimum Gasteiger partial charge on any atom is -0.123 e. The summed E-state index contributed by atoms with van der Waals surface area (Å²) in [4.78, 5) is 0. The van der Waals surface area contributed by atoms with Crippen LogP contribution in [0.3, 0.4) is 0 Å². The van der Waals surface area contributed by atoms with E-state index in [1.165, 1.54) is 68.8 Å². The molecule has 4 aliphatic carbocycles. The Morgan fingerprint density at radius 2 is 0.817 bits per heavy atom. The van der Waals surface area contributed by atoms with Crippen LogP contribution in [-0.4, -0.2) is 18.8 Å². The lowest BCUT2D eigenvalue weighted by Crippen LogP contribution is -2.59. The number of hydrogen-bond acceptors (Lipinski definition) is 0. The van der Waals surface area contributed by atoms with Crippen molar-refractivity contribution < 1.29 is 0 Å². The van der Waals surface area contributed by atoms with Crippen molar-refractivity contribution in [1.29, 1.82) is 0 Å². The van der Waals surface area contributed by atoms with Crippen molar-refractivity contribution in [3.05, 3.63) is 151 Å². The summed E-state index contributed by atoms with van der Waals surface area (Å²) in [6.07, 6.45) is 9.66. The Balaban J connectivity index is 1.05. The molecule has 0 aliphatic heterocycles. The number of benzene rings is 7. The molecule has 0 heterocycles. The second-order valence-electron chi connectivity index (χ2n) is 20.0. The lowest BCUT2D eigenvalue weighted by Gasteiger charge is -2.52. The standard InChI is InChI=1S/C57H60Cl2Si/c1-4-35-27-50-52(48-29-37-17-9-11-21-42(37)44-23-13-15-25-46(44)48)31-39(58)33-54(50)56(35)60(3,41-19-7-6-8-20-41)57-36(5-2)28-51-53(32-40(59)34-55(51)57)49-30-38-18-10-12-22-43(38)45-24-14-16-26-47(45)49/h6-26,29-30,35-36,39-40,50-57H,4-5,27-28,31-34H2,1-3H3. The molecular weight excluding hydrogens is 784 g/mol. The van der Waals surface area contributed by atoms with Gasteiger partial charge in [0.25, 0.3) is 0 Å². The molecule has 4 fully saturated rings. The first-order valence-electron chi connectivity index (χ1n) is 23.5. The van der Waals surface area contributed by atoms with Crippen LogP contribution >= 0.6 is 23.2 Å². The van der Waals surface area contributed by atoms with E-state index >= 15 is 0 Å². The van der Waals surface area contributed by atoms with Crippen molar-refractivity contribution >= 4 is 79.6 Å². The monoisotopic (exact) mass is 842 g/mol.